The first-order valence-corrected chi connectivity index (χ1v) is 7.35. The first-order chi connectivity index (χ1) is 9.06. The Hall–Kier alpha value is -1.26. The summed E-state index contributed by atoms with van der Waals surface area (Å²) in [6, 6.07) is 0.129. The second-order valence-corrected chi connectivity index (χ2v) is 5.64. The molecule has 1 aliphatic rings. The third-order valence-corrected chi connectivity index (χ3v) is 4.09. The number of rotatable bonds is 5. The Labute approximate surface area is 115 Å². The maximum Gasteiger partial charge on any atom is 0.234 e. The van der Waals surface area contributed by atoms with E-state index in [-0.39, 0.29) is 17.8 Å². The number of hydrogen-bond acceptors (Lipinski definition) is 3. The lowest BCUT2D eigenvalue weighted by Crippen LogP contribution is -2.51. The molecule has 1 rings (SSSR count). The normalized spacial score (nSPS) is 21.5. The largest absolute Gasteiger partial charge is 0.409 e. The number of nitrogens with one attached hydrogen (secondary N) is 1. The molecule has 1 atom stereocenters. The van der Waals surface area contributed by atoms with Gasteiger partial charge in [-0.3, -0.25) is 4.79 Å². The predicted octanol–water partition coefficient (Wildman–Crippen LogP) is 2.38. The maximum absolute atomic E-state index is 12.6. The van der Waals surface area contributed by atoms with E-state index in [0.29, 0.717) is 12.8 Å². The highest BCUT2D eigenvalue weighted by Crippen LogP contribution is 2.35. The van der Waals surface area contributed by atoms with Crippen LogP contribution in [0.1, 0.15) is 65.2 Å². The number of nitrogens with zero attached hydrogens (tertiary/aromatic N) is 1. The van der Waals surface area contributed by atoms with Crippen molar-refractivity contribution in [1.82, 2.24) is 5.32 Å². The molecular formula is C14H27N3O2. The van der Waals surface area contributed by atoms with E-state index in [2.05, 4.69) is 17.4 Å². The summed E-state index contributed by atoms with van der Waals surface area (Å²) in [7, 11) is 0. The van der Waals surface area contributed by atoms with Gasteiger partial charge in [-0.1, -0.05) is 44.2 Å². The van der Waals surface area contributed by atoms with Crippen molar-refractivity contribution < 1.29 is 10.0 Å². The zero-order valence-electron chi connectivity index (χ0n) is 12.1. The van der Waals surface area contributed by atoms with E-state index < -0.39 is 5.41 Å². The highest BCUT2D eigenvalue weighted by molar-refractivity contribution is 6.06. The first-order valence-electron chi connectivity index (χ1n) is 7.35. The average Bonchev–Trinajstić information content (AvgIpc) is 2.64. The Balaban J connectivity index is 2.86. The summed E-state index contributed by atoms with van der Waals surface area (Å²) < 4.78 is 0. The van der Waals surface area contributed by atoms with Crippen molar-refractivity contribution in [3.8, 4) is 0 Å². The lowest BCUT2D eigenvalue weighted by molar-refractivity contribution is -0.129. The molecule has 4 N–H and O–H groups in total. The molecule has 1 aliphatic carbocycles. The van der Waals surface area contributed by atoms with Gasteiger partial charge in [0, 0.05) is 6.04 Å². The molecule has 5 nitrogen and oxygen atoms in total. The molecule has 0 spiro atoms. The van der Waals surface area contributed by atoms with Crippen LogP contribution in [0.3, 0.4) is 0 Å². The number of carbonyl (C=O) groups is 1. The second kappa shape index (κ2) is 7.36. The van der Waals surface area contributed by atoms with Crippen LogP contribution >= 0.6 is 0 Å². The molecule has 1 saturated carbocycles. The molecule has 0 aromatic heterocycles. The van der Waals surface area contributed by atoms with Crippen LogP contribution in [-0.2, 0) is 4.79 Å². The standard InChI is InChI=1S/C14H27N3O2/c1-3-8-11(2)16-13(18)14(12(15)17-19)9-6-4-5-7-10-14/h11,19H,3-10H2,1-2H3,(H2,15,17)(H,16,18). The third kappa shape index (κ3) is 3.85. The van der Waals surface area contributed by atoms with Crippen LogP contribution in [0.25, 0.3) is 0 Å². The van der Waals surface area contributed by atoms with Gasteiger partial charge in [-0.15, -0.1) is 0 Å². The summed E-state index contributed by atoms with van der Waals surface area (Å²) in [6.07, 6.45) is 7.44. The minimum absolute atomic E-state index is 0.0654. The van der Waals surface area contributed by atoms with E-state index >= 15 is 0 Å². The zero-order chi connectivity index (χ0) is 14.3. The molecule has 0 saturated heterocycles. The topological polar surface area (TPSA) is 87.7 Å². The van der Waals surface area contributed by atoms with Crippen LogP contribution in [-0.4, -0.2) is 23.0 Å². The zero-order valence-corrected chi connectivity index (χ0v) is 12.1. The van der Waals surface area contributed by atoms with Gasteiger partial charge in [-0.25, -0.2) is 0 Å². The van der Waals surface area contributed by atoms with Crippen LogP contribution in [0.15, 0.2) is 5.16 Å². The van der Waals surface area contributed by atoms with Crippen molar-refractivity contribution in [2.75, 3.05) is 0 Å². The van der Waals surface area contributed by atoms with Gasteiger partial charge in [-0.2, -0.15) is 0 Å². The second-order valence-electron chi connectivity index (χ2n) is 5.64. The minimum Gasteiger partial charge on any atom is -0.409 e. The number of amides is 1. The Morgan fingerprint density at radius 3 is 2.42 bits per heavy atom. The van der Waals surface area contributed by atoms with Crippen LogP contribution in [0.2, 0.25) is 0 Å². The quantitative estimate of drug-likeness (QED) is 0.235. The van der Waals surface area contributed by atoms with Crippen molar-refractivity contribution in [3.63, 3.8) is 0 Å². The summed E-state index contributed by atoms with van der Waals surface area (Å²) in [5.74, 6) is -0.0127. The highest BCUT2D eigenvalue weighted by atomic mass is 16.4. The van der Waals surface area contributed by atoms with E-state index in [4.69, 9.17) is 10.9 Å². The van der Waals surface area contributed by atoms with Crippen LogP contribution in [0.5, 0.6) is 0 Å². The third-order valence-electron chi connectivity index (χ3n) is 4.09. The van der Waals surface area contributed by atoms with Crippen molar-refractivity contribution in [2.24, 2.45) is 16.3 Å². The van der Waals surface area contributed by atoms with Gasteiger partial charge >= 0.3 is 0 Å². The number of amidine groups is 1. The Bertz CT molecular complexity index is 321. The van der Waals surface area contributed by atoms with Crippen molar-refractivity contribution in [1.29, 1.82) is 0 Å². The molecule has 0 heterocycles. The molecule has 110 valence electrons. The Kier molecular flexibility index (Phi) is 6.12. The molecule has 0 aromatic rings. The van der Waals surface area contributed by atoms with E-state index in [0.717, 1.165) is 38.5 Å². The van der Waals surface area contributed by atoms with Crippen LogP contribution in [0.4, 0.5) is 0 Å². The first kappa shape index (κ1) is 15.8. The SMILES string of the molecule is CCCC(C)NC(=O)C1(C(N)=NO)CCCCCC1. The fourth-order valence-electron chi connectivity index (χ4n) is 2.89. The molecule has 5 heteroatoms. The molecule has 0 radical (unpaired) electrons. The summed E-state index contributed by atoms with van der Waals surface area (Å²) in [4.78, 5) is 12.6. The van der Waals surface area contributed by atoms with Crippen molar-refractivity contribution in [2.45, 2.75) is 71.3 Å². The molecular weight excluding hydrogens is 242 g/mol. The average molecular weight is 269 g/mol. The predicted molar refractivity (Wildman–Crippen MR) is 76.1 cm³/mol. The van der Waals surface area contributed by atoms with Crippen LogP contribution < -0.4 is 11.1 Å². The Morgan fingerprint density at radius 2 is 1.95 bits per heavy atom. The van der Waals surface area contributed by atoms with Gasteiger partial charge < -0.3 is 16.3 Å². The molecule has 1 fully saturated rings. The summed E-state index contributed by atoms with van der Waals surface area (Å²) in [6.45, 7) is 4.09. The highest BCUT2D eigenvalue weighted by Gasteiger charge is 2.43. The fourth-order valence-corrected chi connectivity index (χ4v) is 2.89. The van der Waals surface area contributed by atoms with Crippen molar-refractivity contribution >= 4 is 11.7 Å². The van der Waals surface area contributed by atoms with Gasteiger partial charge in [-0.05, 0) is 26.2 Å². The van der Waals surface area contributed by atoms with E-state index in [1.54, 1.807) is 0 Å². The Morgan fingerprint density at radius 1 is 1.37 bits per heavy atom. The van der Waals surface area contributed by atoms with Gasteiger partial charge in [0.2, 0.25) is 5.91 Å². The molecule has 1 amide bonds. The number of carbonyl (C=O) groups excluding carboxylic acids is 1. The number of nitrogens with two attached hydrogens (primary N) is 1. The summed E-state index contributed by atoms with van der Waals surface area (Å²) in [5.41, 5.74) is 5.03. The van der Waals surface area contributed by atoms with Gasteiger partial charge in [0.05, 0.1) is 0 Å². The van der Waals surface area contributed by atoms with E-state index in [1.165, 1.54) is 0 Å². The van der Waals surface area contributed by atoms with Crippen molar-refractivity contribution in [3.05, 3.63) is 0 Å². The summed E-state index contributed by atoms with van der Waals surface area (Å²) >= 11 is 0. The number of oxime groups is 1. The molecule has 0 aliphatic heterocycles. The smallest absolute Gasteiger partial charge is 0.234 e. The molecule has 0 aromatic carbocycles. The number of hydrogen-bond donors (Lipinski definition) is 3. The van der Waals surface area contributed by atoms with Gasteiger partial charge in [0.25, 0.3) is 0 Å². The van der Waals surface area contributed by atoms with Gasteiger partial charge in [0.1, 0.15) is 5.41 Å². The summed E-state index contributed by atoms with van der Waals surface area (Å²) in [5, 5.41) is 15.2. The maximum atomic E-state index is 12.6. The lowest BCUT2D eigenvalue weighted by Gasteiger charge is -2.31. The minimum atomic E-state index is -0.812. The fraction of sp³-hybridized carbons (Fsp3) is 0.857. The van der Waals surface area contributed by atoms with Crippen LogP contribution in [0, 0.1) is 5.41 Å². The van der Waals surface area contributed by atoms with E-state index in [1.807, 2.05) is 6.92 Å². The molecule has 19 heavy (non-hydrogen) atoms. The molecule has 1 unspecified atom stereocenters. The van der Waals surface area contributed by atoms with Gasteiger partial charge in [0.15, 0.2) is 5.84 Å². The van der Waals surface area contributed by atoms with E-state index in [9.17, 15) is 4.79 Å². The lowest BCUT2D eigenvalue weighted by atomic mass is 9.78. The molecule has 0 bridgehead atoms. The monoisotopic (exact) mass is 269 g/mol.